The van der Waals surface area contributed by atoms with Gasteiger partial charge < -0.3 is 14.4 Å². The van der Waals surface area contributed by atoms with Crippen molar-refractivity contribution in [1.82, 2.24) is 4.90 Å². The molecule has 1 aliphatic rings. The molecule has 1 aliphatic heterocycles. The van der Waals surface area contributed by atoms with Crippen molar-refractivity contribution in [2.24, 2.45) is 0 Å². The third-order valence-electron chi connectivity index (χ3n) is 4.49. The first-order valence-electron chi connectivity index (χ1n) is 8.50. The molecule has 2 aromatic carbocycles. The second-order valence-electron chi connectivity index (χ2n) is 6.25. The molecule has 0 spiro atoms. The molecule has 2 aromatic rings. The Bertz CT molecular complexity index is 1000. The van der Waals surface area contributed by atoms with E-state index in [-0.39, 0.29) is 10.5 Å². The number of hydrogen-bond donors (Lipinski definition) is 1. The van der Waals surface area contributed by atoms with Crippen LogP contribution in [0, 0.1) is 0 Å². The van der Waals surface area contributed by atoms with Gasteiger partial charge in [0.2, 0.25) is 0 Å². The van der Waals surface area contributed by atoms with Crippen LogP contribution in [0.1, 0.15) is 21.5 Å². The largest absolute Gasteiger partial charge is 0.465 e. The molecule has 1 N–H and O–H groups in total. The molecule has 8 nitrogen and oxygen atoms in total. The summed E-state index contributed by atoms with van der Waals surface area (Å²) >= 11 is 0. The lowest BCUT2D eigenvalue weighted by Crippen LogP contribution is -2.35. The van der Waals surface area contributed by atoms with Gasteiger partial charge in [-0.25, -0.2) is 18.0 Å². The molecule has 1 heterocycles. The topological polar surface area (TPSA) is 102 Å². The molecule has 148 valence electrons. The Kier molecular flexibility index (Phi) is 5.55. The molecule has 0 aromatic heterocycles. The number of carbonyl (C=O) groups is 2. The Hall–Kier alpha value is -3.07. The lowest BCUT2D eigenvalue weighted by atomic mass is 9.99. The Balaban J connectivity index is 1.80. The minimum atomic E-state index is -3.83. The molecule has 0 bridgehead atoms. The molecule has 0 fully saturated rings. The van der Waals surface area contributed by atoms with Gasteiger partial charge in [0.1, 0.15) is 0 Å². The standard InChI is InChI=1S/C19H20N2O6S/c1-26-18(22)14-4-7-17(8-5-14)28(24,25)20-16-6-3-13-9-10-21(19(23)27-2)12-15(13)11-16/h3-8,11,20H,9-10,12H2,1-2H3. The zero-order chi connectivity index (χ0) is 20.3. The highest BCUT2D eigenvalue weighted by molar-refractivity contribution is 7.92. The van der Waals surface area contributed by atoms with E-state index in [1.807, 2.05) is 6.07 Å². The number of amides is 1. The zero-order valence-corrected chi connectivity index (χ0v) is 16.3. The third-order valence-corrected chi connectivity index (χ3v) is 5.89. The van der Waals surface area contributed by atoms with E-state index in [9.17, 15) is 18.0 Å². The van der Waals surface area contributed by atoms with Gasteiger partial charge in [-0.05, 0) is 53.9 Å². The highest BCUT2D eigenvalue weighted by Gasteiger charge is 2.22. The van der Waals surface area contributed by atoms with Gasteiger partial charge in [0.05, 0.1) is 24.7 Å². The summed E-state index contributed by atoms with van der Waals surface area (Å²) in [5, 5.41) is 0. The maximum Gasteiger partial charge on any atom is 0.409 e. The van der Waals surface area contributed by atoms with Crippen molar-refractivity contribution in [3.63, 3.8) is 0 Å². The number of hydrogen-bond acceptors (Lipinski definition) is 6. The smallest absolute Gasteiger partial charge is 0.409 e. The van der Waals surface area contributed by atoms with Crippen molar-refractivity contribution in [3.8, 4) is 0 Å². The van der Waals surface area contributed by atoms with Gasteiger partial charge >= 0.3 is 12.1 Å². The molecule has 0 atom stereocenters. The quantitative estimate of drug-likeness (QED) is 0.785. The van der Waals surface area contributed by atoms with Crippen LogP contribution in [0.3, 0.4) is 0 Å². The molecule has 0 aliphatic carbocycles. The van der Waals surface area contributed by atoms with Crippen LogP contribution < -0.4 is 4.72 Å². The summed E-state index contributed by atoms with van der Waals surface area (Å²) in [5.41, 5.74) is 2.57. The summed E-state index contributed by atoms with van der Waals surface area (Å²) in [5.74, 6) is -0.540. The van der Waals surface area contributed by atoms with E-state index in [1.165, 1.54) is 38.5 Å². The van der Waals surface area contributed by atoms with Crippen molar-refractivity contribution in [2.45, 2.75) is 17.9 Å². The predicted octanol–water partition coefficient (Wildman–Crippen LogP) is 2.40. The zero-order valence-electron chi connectivity index (χ0n) is 15.5. The number of sulfonamides is 1. The molecule has 28 heavy (non-hydrogen) atoms. The summed E-state index contributed by atoms with van der Waals surface area (Å²) < 4.78 is 37.1. The van der Waals surface area contributed by atoms with Gasteiger partial charge in [-0.2, -0.15) is 0 Å². The molecule has 9 heteroatoms. The Morgan fingerprint density at radius 3 is 2.36 bits per heavy atom. The van der Waals surface area contributed by atoms with Crippen LogP contribution in [0.15, 0.2) is 47.4 Å². The summed E-state index contributed by atoms with van der Waals surface area (Å²) in [6, 6.07) is 10.7. The minimum Gasteiger partial charge on any atom is -0.465 e. The monoisotopic (exact) mass is 404 g/mol. The van der Waals surface area contributed by atoms with E-state index in [1.54, 1.807) is 17.0 Å². The van der Waals surface area contributed by atoms with Crippen LogP contribution in [-0.4, -0.2) is 46.1 Å². The molecule has 3 rings (SSSR count). The van der Waals surface area contributed by atoms with Gasteiger partial charge in [0, 0.05) is 18.8 Å². The van der Waals surface area contributed by atoms with Gasteiger partial charge in [0.25, 0.3) is 10.0 Å². The van der Waals surface area contributed by atoms with Gasteiger partial charge in [0.15, 0.2) is 0 Å². The molecule has 0 unspecified atom stereocenters. The van der Waals surface area contributed by atoms with Crippen molar-refractivity contribution < 1.29 is 27.5 Å². The lowest BCUT2D eigenvalue weighted by molar-refractivity contribution is 0.0600. The summed E-state index contributed by atoms with van der Waals surface area (Å²) in [4.78, 5) is 24.8. The van der Waals surface area contributed by atoms with Gasteiger partial charge in [-0.15, -0.1) is 0 Å². The fourth-order valence-electron chi connectivity index (χ4n) is 3.01. The lowest BCUT2D eigenvalue weighted by Gasteiger charge is -2.28. The van der Waals surface area contributed by atoms with Gasteiger partial charge in [-0.3, -0.25) is 4.72 Å². The maximum atomic E-state index is 12.6. The average molecular weight is 404 g/mol. The molecule has 0 saturated carbocycles. The molecule has 1 amide bonds. The van der Waals surface area contributed by atoms with Crippen LogP contribution in [0.4, 0.5) is 10.5 Å². The number of fused-ring (bicyclic) bond motifs is 1. The maximum absolute atomic E-state index is 12.6. The van der Waals surface area contributed by atoms with Crippen molar-refractivity contribution >= 4 is 27.8 Å². The Morgan fingerprint density at radius 2 is 1.71 bits per heavy atom. The van der Waals surface area contributed by atoms with E-state index in [4.69, 9.17) is 4.74 Å². The van der Waals surface area contributed by atoms with Gasteiger partial charge in [-0.1, -0.05) is 6.07 Å². The summed E-state index contributed by atoms with van der Waals surface area (Å²) in [7, 11) is -1.25. The Labute approximate surface area is 163 Å². The van der Waals surface area contributed by atoms with Crippen LogP contribution in [0.25, 0.3) is 0 Å². The first kappa shape index (κ1) is 19.7. The van der Waals surface area contributed by atoms with E-state index in [0.717, 1.165) is 11.1 Å². The number of anilines is 1. The van der Waals surface area contributed by atoms with E-state index < -0.39 is 22.1 Å². The second kappa shape index (κ2) is 7.89. The second-order valence-corrected chi connectivity index (χ2v) is 7.93. The number of carbonyl (C=O) groups excluding carboxylic acids is 2. The van der Waals surface area contributed by atoms with E-state index >= 15 is 0 Å². The number of benzene rings is 2. The SMILES string of the molecule is COC(=O)c1ccc(S(=O)(=O)Nc2ccc3c(c2)CN(C(=O)OC)CC3)cc1. The van der Waals surface area contributed by atoms with Crippen LogP contribution in [0.5, 0.6) is 0 Å². The van der Waals surface area contributed by atoms with E-state index in [2.05, 4.69) is 9.46 Å². The highest BCUT2D eigenvalue weighted by Crippen LogP contribution is 2.25. The number of methoxy groups -OCH3 is 2. The fraction of sp³-hybridized carbons (Fsp3) is 0.263. The number of rotatable bonds is 4. The molecular formula is C19H20N2O6S. The predicted molar refractivity (Wildman–Crippen MR) is 102 cm³/mol. The highest BCUT2D eigenvalue weighted by atomic mass is 32.2. The number of esters is 1. The van der Waals surface area contributed by atoms with Crippen LogP contribution in [-0.2, 0) is 32.5 Å². The van der Waals surface area contributed by atoms with Crippen LogP contribution in [0.2, 0.25) is 0 Å². The third kappa shape index (κ3) is 4.09. The van der Waals surface area contributed by atoms with Crippen molar-refractivity contribution in [2.75, 3.05) is 25.5 Å². The summed E-state index contributed by atoms with van der Waals surface area (Å²) in [6.07, 6.45) is 0.259. The number of nitrogens with zero attached hydrogens (tertiary/aromatic N) is 1. The van der Waals surface area contributed by atoms with Crippen molar-refractivity contribution in [1.29, 1.82) is 0 Å². The first-order chi connectivity index (χ1) is 13.3. The number of ether oxygens (including phenoxy) is 2. The minimum absolute atomic E-state index is 0.0223. The molecule has 0 saturated heterocycles. The average Bonchev–Trinajstić information content (AvgIpc) is 2.71. The van der Waals surface area contributed by atoms with Crippen molar-refractivity contribution in [3.05, 3.63) is 59.2 Å². The number of nitrogens with one attached hydrogen (secondary N) is 1. The normalized spacial score (nSPS) is 13.4. The molecule has 0 radical (unpaired) electrons. The molecular weight excluding hydrogens is 384 g/mol. The van der Waals surface area contributed by atoms with E-state index in [0.29, 0.717) is 25.2 Å². The van der Waals surface area contributed by atoms with Crippen LogP contribution >= 0.6 is 0 Å². The Morgan fingerprint density at radius 1 is 1.00 bits per heavy atom. The first-order valence-corrected chi connectivity index (χ1v) is 9.98. The summed E-state index contributed by atoms with van der Waals surface area (Å²) in [6.45, 7) is 0.905. The fourth-order valence-corrected chi connectivity index (χ4v) is 4.06.